The highest BCUT2D eigenvalue weighted by Crippen LogP contribution is 2.44. The van der Waals surface area contributed by atoms with Crippen LogP contribution in [0.2, 0.25) is 0 Å². The van der Waals surface area contributed by atoms with Crippen molar-refractivity contribution in [3.63, 3.8) is 0 Å². The molecule has 34 heavy (non-hydrogen) atoms. The number of fused-ring (bicyclic) bond motifs is 3. The second-order valence-corrected chi connectivity index (χ2v) is 9.74. The molecule has 7 nitrogen and oxygen atoms in total. The molecule has 2 aliphatic carbocycles. The van der Waals surface area contributed by atoms with E-state index in [0.717, 1.165) is 28.7 Å². The van der Waals surface area contributed by atoms with Crippen LogP contribution in [0.5, 0.6) is 0 Å². The molecule has 2 amide bonds. The number of rotatable bonds is 8. The predicted octanol–water partition coefficient (Wildman–Crippen LogP) is 4.41. The number of carboxylic acid groups (broad SMARTS) is 1. The summed E-state index contributed by atoms with van der Waals surface area (Å²) in [5.41, 5.74) is 3.32. The minimum absolute atomic E-state index is 0.0784. The molecule has 2 aromatic carbocycles. The second-order valence-electron chi connectivity index (χ2n) is 9.74. The molecule has 180 valence electrons. The molecule has 7 heteroatoms. The lowest BCUT2D eigenvalue weighted by Crippen LogP contribution is -2.63. The molecule has 0 heterocycles. The zero-order valence-corrected chi connectivity index (χ0v) is 19.9. The van der Waals surface area contributed by atoms with Gasteiger partial charge in [-0.05, 0) is 53.9 Å². The quantitative estimate of drug-likeness (QED) is 0.604. The van der Waals surface area contributed by atoms with Gasteiger partial charge in [0.2, 0.25) is 5.91 Å². The van der Waals surface area contributed by atoms with E-state index in [1.165, 1.54) is 11.9 Å². The number of nitrogens with zero attached hydrogens (tertiary/aromatic N) is 1. The predicted molar refractivity (Wildman–Crippen MR) is 128 cm³/mol. The number of carbonyl (C=O) groups is 3. The molecule has 2 N–H and O–H groups in total. The molecule has 1 atom stereocenters. The van der Waals surface area contributed by atoms with Crippen molar-refractivity contribution in [2.45, 2.75) is 57.0 Å². The topological polar surface area (TPSA) is 95.9 Å². The molecule has 1 fully saturated rings. The molecule has 0 unspecified atom stereocenters. The Morgan fingerprint density at radius 3 is 2.09 bits per heavy atom. The van der Waals surface area contributed by atoms with E-state index in [4.69, 9.17) is 4.74 Å². The summed E-state index contributed by atoms with van der Waals surface area (Å²) in [6.07, 6.45) is 1.32. The van der Waals surface area contributed by atoms with E-state index in [9.17, 15) is 19.5 Å². The number of amides is 2. The average Bonchev–Trinajstić information content (AvgIpc) is 3.09. The Hall–Kier alpha value is -3.35. The Bertz CT molecular complexity index is 1050. The van der Waals surface area contributed by atoms with Gasteiger partial charge in [0, 0.05) is 13.0 Å². The van der Waals surface area contributed by atoms with Gasteiger partial charge in [0.15, 0.2) is 0 Å². The van der Waals surface area contributed by atoms with Crippen LogP contribution in [0.4, 0.5) is 4.79 Å². The molecule has 0 spiro atoms. The molecule has 0 aromatic heterocycles. The number of benzene rings is 2. The Balaban J connectivity index is 1.45. The Morgan fingerprint density at radius 2 is 1.62 bits per heavy atom. The highest BCUT2D eigenvalue weighted by atomic mass is 16.5. The maximum atomic E-state index is 13.2. The largest absolute Gasteiger partial charge is 0.479 e. The average molecular weight is 465 g/mol. The lowest BCUT2D eigenvalue weighted by Gasteiger charge is -2.46. The fourth-order valence-electron chi connectivity index (χ4n) is 5.12. The van der Waals surface area contributed by atoms with E-state index in [-0.39, 0.29) is 18.4 Å². The van der Waals surface area contributed by atoms with Crippen LogP contribution in [0.25, 0.3) is 11.1 Å². The smallest absolute Gasteiger partial charge is 0.407 e. The molecule has 1 saturated carbocycles. The van der Waals surface area contributed by atoms with Crippen molar-refractivity contribution >= 4 is 18.0 Å². The van der Waals surface area contributed by atoms with Crippen LogP contribution in [0, 0.1) is 5.92 Å². The van der Waals surface area contributed by atoms with Crippen molar-refractivity contribution in [3.8, 4) is 11.1 Å². The summed E-state index contributed by atoms with van der Waals surface area (Å²) >= 11 is 0. The van der Waals surface area contributed by atoms with Gasteiger partial charge >= 0.3 is 12.1 Å². The van der Waals surface area contributed by atoms with E-state index < -0.39 is 29.6 Å². The normalized spacial score (nSPS) is 16.7. The van der Waals surface area contributed by atoms with Gasteiger partial charge in [0.1, 0.15) is 18.2 Å². The molecule has 0 radical (unpaired) electrons. The van der Waals surface area contributed by atoms with Crippen molar-refractivity contribution in [1.82, 2.24) is 10.2 Å². The third-order valence-electron chi connectivity index (χ3n) is 7.19. The summed E-state index contributed by atoms with van der Waals surface area (Å²) in [7, 11) is 1.52. The van der Waals surface area contributed by atoms with Crippen LogP contribution in [0.3, 0.4) is 0 Å². The van der Waals surface area contributed by atoms with Gasteiger partial charge in [-0.3, -0.25) is 4.79 Å². The third kappa shape index (κ3) is 4.27. The first-order chi connectivity index (χ1) is 16.2. The van der Waals surface area contributed by atoms with Gasteiger partial charge in [-0.1, -0.05) is 62.4 Å². The van der Waals surface area contributed by atoms with Crippen LogP contribution in [-0.4, -0.2) is 53.2 Å². The van der Waals surface area contributed by atoms with Crippen molar-refractivity contribution < 1.29 is 24.2 Å². The minimum atomic E-state index is -1.19. The summed E-state index contributed by atoms with van der Waals surface area (Å²) in [5, 5.41) is 12.4. The monoisotopic (exact) mass is 464 g/mol. The number of carboxylic acids is 1. The van der Waals surface area contributed by atoms with Crippen molar-refractivity contribution in [1.29, 1.82) is 0 Å². The first kappa shape index (κ1) is 23.8. The van der Waals surface area contributed by atoms with E-state index >= 15 is 0 Å². The Morgan fingerprint density at radius 1 is 1.06 bits per heavy atom. The van der Waals surface area contributed by atoms with E-state index in [0.29, 0.717) is 19.3 Å². The fraction of sp³-hybridized carbons (Fsp3) is 0.444. The number of hydrogen-bond acceptors (Lipinski definition) is 4. The first-order valence-corrected chi connectivity index (χ1v) is 11.9. The van der Waals surface area contributed by atoms with Gasteiger partial charge in [-0.15, -0.1) is 0 Å². The van der Waals surface area contributed by atoms with Crippen molar-refractivity contribution in [2.24, 2.45) is 5.92 Å². The lowest BCUT2D eigenvalue weighted by atomic mass is 9.75. The van der Waals surface area contributed by atoms with Crippen LogP contribution in [0.15, 0.2) is 48.5 Å². The van der Waals surface area contributed by atoms with Crippen molar-refractivity contribution in [2.75, 3.05) is 13.7 Å². The lowest BCUT2D eigenvalue weighted by molar-refractivity contribution is -0.165. The number of nitrogens with one attached hydrogen (secondary N) is 1. The summed E-state index contributed by atoms with van der Waals surface area (Å²) in [6.45, 7) is 4.06. The third-order valence-corrected chi connectivity index (χ3v) is 7.19. The van der Waals surface area contributed by atoms with Gasteiger partial charge in [-0.2, -0.15) is 0 Å². The van der Waals surface area contributed by atoms with Gasteiger partial charge in [0.05, 0.1) is 0 Å². The molecule has 0 aliphatic heterocycles. The zero-order chi connectivity index (χ0) is 24.5. The molecular weight excluding hydrogens is 432 g/mol. The number of alkyl carbamates (subject to hydrolysis) is 1. The standard InChI is InChI=1S/C27H32N2O5/c1-17(2)15-23(24(30)29(3)27(25(31)32)13-8-14-27)28-26(33)34-16-22-20-11-6-4-9-18(20)19-10-5-7-12-21(19)22/h4-7,9-12,17,22-23H,8,13-16H2,1-3H3,(H,28,33)(H,31,32)/t23-/m0/s1. The van der Waals surface area contributed by atoms with Crippen LogP contribution in [-0.2, 0) is 14.3 Å². The summed E-state index contributed by atoms with van der Waals surface area (Å²) in [5.74, 6) is -1.35. The Kier molecular flexibility index (Phi) is 6.64. The Labute approximate surface area is 200 Å². The number of ether oxygens (including phenoxy) is 1. The van der Waals surface area contributed by atoms with Crippen LogP contribution < -0.4 is 5.32 Å². The fourth-order valence-corrected chi connectivity index (χ4v) is 5.12. The van der Waals surface area contributed by atoms with Gasteiger partial charge in [-0.25, -0.2) is 9.59 Å². The summed E-state index contributed by atoms with van der Waals surface area (Å²) < 4.78 is 5.62. The number of hydrogen-bond donors (Lipinski definition) is 2. The maximum Gasteiger partial charge on any atom is 0.407 e. The first-order valence-electron chi connectivity index (χ1n) is 11.9. The van der Waals surface area contributed by atoms with E-state index in [1.54, 1.807) is 0 Å². The summed E-state index contributed by atoms with van der Waals surface area (Å²) in [6, 6.07) is 15.3. The summed E-state index contributed by atoms with van der Waals surface area (Å²) in [4.78, 5) is 39.2. The van der Waals surface area contributed by atoms with Gasteiger partial charge < -0.3 is 20.1 Å². The molecule has 2 aliphatic rings. The molecule has 4 rings (SSSR count). The molecular formula is C27H32N2O5. The van der Waals surface area contributed by atoms with E-state index in [1.807, 2.05) is 50.2 Å². The number of aliphatic carboxylic acids is 1. The maximum absolute atomic E-state index is 13.2. The molecule has 2 aromatic rings. The van der Waals surface area contributed by atoms with Gasteiger partial charge in [0.25, 0.3) is 0 Å². The number of carbonyl (C=O) groups excluding carboxylic acids is 2. The second kappa shape index (κ2) is 9.49. The van der Waals surface area contributed by atoms with Crippen molar-refractivity contribution in [3.05, 3.63) is 59.7 Å². The number of likely N-dealkylation sites (N-methyl/N-ethyl adjacent to an activating group) is 1. The minimum Gasteiger partial charge on any atom is -0.479 e. The molecule has 0 bridgehead atoms. The highest BCUT2D eigenvalue weighted by Gasteiger charge is 2.51. The van der Waals surface area contributed by atoms with Crippen LogP contribution in [0.1, 0.15) is 56.6 Å². The molecule has 0 saturated heterocycles. The van der Waals surface area contributed by atoms with Crippen LogP contribution >= 0.6 is 0 Å². The highest BCUT2D eigenvalue weighted by molar-refractivity contribution is 5.91. The SMILES string of the molecule is CC(C)C[C@H](NC(=O)OCC1c2ccccc2-c2ccccc21)C(=O)N(C)C1(C(=O)O)CCC1. The zero-order valence-electron chi connectivity index (χ0n) is 19.9. The van der Waals surface area contributed by atoms with E-state index in [2.05, 4.69) is 17.4 Å².